The number of hydrogen-bond donors (Lipinski definition) is 2. The third kappa shape index (κ3) is 5.91. The van der Waals surface area contributed by atoms with Crippen LogP contribution in [0.15, 0.2) is 70.7 Å². The molecule has 0 spiro atoms. The van der Waals surface area contributed by atoms with E-state index in [0.717, 1.165) is 51.2 Å². The van der Waals surface area contributed by atoms with E-state index in [2.05, 4.69) is 72.9 Å². The Bertz CT molecular complexity index is 1370. The summed E-state index contributed by atoms with van der Waals surface area (Å²) in [5.41, 5.74) is 8.06. The predicted octanol–water partition coefficient (Wildman–Crippen LogP) is 8.13. The van der Waals surface area contributed by atoms with Gasteiger partial charge in [0.1, 0.15) is 10.6 Å². The van der Waals surface area contributed by atoms with Gasteiger partial charge in [0.25, 0.3) is 0 Å². The molecule has 2 N–H and O–H groups in total. The number of aryl methyl sites for hydroxylation is 4. The van der Waals surface area contributed by atoms with Crippen LogP contribution in [0.2, 0.25) is 0 Å². The van der Waals surface area contributed by atoms with E-state index >= 15 is 0 Å². The molecule has 37 heavy (non-hydrogen) atoms. The average Bonchev–Trinajstić information content (AvgIpc) is 2.87. The van der Waals surface area contributed by atoms with Crippen molar-refractivity contribution >= 4 is 23.1 Å². The molecule has 0 aliphatic rings. The average molecular weight is 514 g/mol. The Labute approximate surface area is 224 Å². The fourth-order valence-electron chi connectivity index (χ4n) is 4.67. The summed E-state index contributed by atoms with van der Waals surface area (Å²) < 4.78 is 0. The first-order valence-electron chi connectivity index (χ1n) is 12.8. The maximum atomic E-state index is 11.6. The maximum Gasteiger partial charge on any atom is 0.229 e. The van der Waals surface area contributed by atoms with Crippen molar-refractivity contribution in [2.24, 2.45) is 0 Å². The molecule has 0 saturated heterocycles. The second-order valence-electron chi connectivity index (χ2n) is 9.42. The van der Waals surface area contributed by atoms with E-state index in [9.17, 15) is 10.2 Å². The first kappa shape index (κ1) is 26.6. The van der Waals surface area contributed by atoms with Crippen LogP contribution in [0.25, 0.3) is 11.1 Å². The first-order chi connectivity index (χ1) is 17.8. The minimum Gasteiger partial charge on any atom is -0.504 e. The van der Waals surface area contributed by atoms with E-state index in [4.69, 9.17) is 0 Å². The van der Waals surface area contributed by atoms with Crippen molar-refractivity contribution in [3.05, 3.63) is 83.3 Å². The highest BCUT2D eigenvalue weighted by Crippen LogP contribution is 2.48. The highest BCUT2D eigenvalue weighted by atomic mass is 32.2. The van der Waals surface area contributed by atoms with Gasteiger partial charge in [-0.2, -0.15) is 0 Å². The van der Waals surface area contributed by atoms with Crippen LogP contribution in [0.3, 0.4) is 0 Å². The molecule has 0 bridgehead atoms. The van der Waals surface area contributed by atoms with Crippen molar-refractivity contribution in [1.29, 1.82) is 0 Å². The number of nitrogens with zero attached hydrogens (tertiary/aromatic N) is 3. The Morgan fingerprint density at radius 1 is 0.919 bits per heavy atom. The minimum absolute atomic E-state index is 0.0682. The first-order valence-corrected chi connectivity index (χ1v) is 13.6. The Morgan fingerprint density at radius 3 is 2.24 bits per heavy atom. The van der Waals surface area contributed by atoms with Crippen LogP contribution < -0.4 is 4.90 Å². The number of hydrogen-bond acceptors (Lipinski definition) is 6. The van der Waals surface area contributed by atoms with Gasteiger partial charge < -0.3 is 15.1 Å². The molecule has 4 aromatic rings. The topological polar surface area (TPSA) is 69.5 Å². The number of rotatable bonds is 9. The summed E-state index contributed by atoms with van der Waals surface area (Å²) >= 11 is 1.32. The summed E-state index contributed by atoms with van der Waals surface area (Å²) in [4.78, 5) is 12.2. The fourth-order valence-corrected chi connectivity index (χ4v) is 5.51. The van der Waals surface area contributed by atoms with Crippen molar-refractivity contribution < 1.29 is 10.2 Å². The summed E-state index contributed by atoms with van der Waals surface area (Å²) in [5, 5.41) is 22.5. The smallest absolute Gasteiger partial charge is 0.229 e. The zero-order chi connectivity index (χ0) is 26.5. The monoisotopic (exact) mass is 513 g/mol. The molecule has 0 saturated carbocycles. The zero-order valence-electron chi connectivity index (χ0n) is 22.2. The molecule has 5 nitrogen and oxygen atoms in total. The molecule has 6 heteroatoms. The van der Waals surface area contributed by atoms with E-state index in [1.165, 1.54) is 11.8 Å². The largest absolute Gasteiger partial charge is 0.504 e. The molecule has 0 amide bonds. The molecule has 0 atom stereocenters. The van der Waals surface area contributed by atoms with E-state index < -0.39 is 0 Å². The Kier molecular flexibility index (Phi) is 8.39. The van der Waals surface area contributed by atoms with Gasteiger partial charge in [0.05, 0.1) is 5.69 Å². The Morgan fingerprint density at radius 2 is 1.62 bits per heavy atom. The van der Waals surface area contributed by atoms with Crippen LogP contribution in [-0.4, -0.2) is 26.7 Å². The normalized spacial score (nSPS) is 11.1. The van der Waals surface area contributed by atoms with Gasteiger partial charge in [-0.3, -0.25) is 4.98 Å². The third-order valence-corrected chi connectivity index (χ3v) is 7.52. The molecule has 4 rings (SSSR count). The molecule has 2 aromatic heterocycles. The van der Waals surface area contributed by atoms with Gasteiger partial charge in [0.15, 0.2) is 5.75 Å². The van der Waals surface area contributed by atoms with Crippen LogP contribution in [0.5, 0.6) is 11.6 Å². The van der Waals surface area contributed by atoms with Crippen molar-refractivity contribution in [2.45, 2.75) is 63.7 Å². The van der Waals surface area contributed by atoms with Crippen molar-refractivity contribution in [1.82, 2.24) is 9.97 Å². The van der Waals surface area contributed by atoms with E-state index in [1.807, 2.05) is 31.3 Å². The van der Waals surface area contributed by atoms with E-state index in [-0.39, 0.29) is 11.6 Å². The van der Waals surface area contributed by atoms with Crippen molar-refractivity contribution in [2.75, 3.05) is 11.4 Å². The number of aromatic hydroxyl groups is 2. The summed E-state index contributed by atoms with van der Waals surface area (Å²) in [6.07, 6.45) is 6.25. The lowest BCUT2D eigenvalue weighted by Crippen LogP contribution is -2.19. The van der Waals surface area contributed by atoms with Gasteiger partial charge in [-0.05, 0) is 98.7 Å². The van der Waals surface area contributed by atoms with Crippen molar-refractivity contribution in [3.63, 3.8) is 0 Å². The van der Waals surface area contributed by atoms with Gasteiger partial charge in [-0.15, -0.1) is 0 Å². The summed E-state index contributed by atoms with van der Waals surface area (Å²) in [5.74, 6) is -0.0680. The van der Waals surface area contributed by atoms with E-state index in [0.29, 0.717) is 29.2 Å². The number of benzene rings is 2. The highest BCUT2D eigenvalue weighted by Gasteiger charge is 2.25. The quantitative estimate of drug-likeness (QED) is 0.235. The number of anilines is 2. The Balaban J connectivity index is 1.75. The molecule has 192 valence electrons. The molecule has 2 heterocycles. The highest BCUT2D eigenvalue weighted by molar-refractivity contribution is 7.99. The van der Waals surface area contributed by atoms with Gasteiger partial charge in [0.2, 0.25) is 5.88 Å². The molecule has 0 fully saturated rings. The Hall–Kier alpha value is -3.51. The summed E-state index contributed by atoms with van der Waals surface area (Å²) in [7, 11) is 0. The second kappa shape index (κ2) is 11.7. The molecule has 0 aliphatic heterocycles. The van der Waals surface area contributed by atoms with Crippen LogP contribution in [0.1, 0.15) is 49.1 Å². The van der Waals surface area contributed by atoms with Gasteiger partial charge >= 0.3 is 0 Å². The second-order valence-corrected chi connectivity index (χ2v) is 10.5. The number of aromatic nitrogens is 2. The van der Waals surface area contributed by atoms with E-state index in [1.54, 1.807) is 6.20 Å². The lowest BCUT2D eigenvalue weighted by molar-refractivity contribution is 0.409. The number of unbranched alkanes of at least 4 members (excludes halogenated alkanes) is 1. The number of pyridine rings is 2. The molecular weight excluding hydrogens is 478 g/mol. The van der Waals surface area contributed by atoms with Gasteiger partial charge in [-0.1, -0.05) is 43.3 Å². The predicted molar refractivity (Wildman–Crippen MR) is 153 cm³/mol. The minimum atomic E-state index is -0.136. The molecule has 0 unspecified atom stereocenters. The van der Waals surface area contributed by atoms with Crippen LogP contribution in [-0.2, 0) is 6.42 Å². The SMILES string of the molecule is CCCCc1nc(O)c(Sc2ccc(-c3ccncc3C)cc2)c(O)c1N(CC)c1cc(C)cc(C)c1. The van der Waals surface area contributed by atoms with Gasteiger partial charge in [0, 0.05) is 29.5 Å². The summed E-state index contributed by atoms with van der Waals surface area (Å²) in [6.45, 7) is 11.1. The fraction of sp³-hybridized carbons (Fsp3) is 0.290. The van der Waals surface area contributed by atoms with Crippen LogP contribution >= 0.6 is 11.8 Å². The lowest BCUT2D eigenvalue weighted by atomic mass is 10.0. The molecule has 0 radical (unpaired) electrons. The zero-order valence-corrected chi connectivity index (χ0v) is 23.1. The van der Waals surface area contributed by atoms with Crippen molar-refractivity contribution in [3.8, 4) is 22.8 Å². The lowest BCUT2D eigenvalue weighted by Gasteiger charge is -2.28. The molecular formula is C31H35N3O2S. The standard InChI is InChI=1S/C31H35N3O2S/c1-6-8-9-27-28(34(7-2)24-17-20(3)16-21(4)18-24)29(35)30(31(36)33-27)37-25-12-10-23(11-13-25)26-14-15-32-19-22(26)5/h10-19H,6-9H2,1-5H3,(H2,33,35,36). The maximum absolute atomic E-state index is 11.6. The molecule has 0 aliphatic carbocycles. The van der Waals surface area contributed by atoms with Crippen LogP contribution in [0, 0.1) is 20.8 Å². The van der Waals surface area contributed by atoms with Gasteiger partial charge in [-0.25, -0.2) is 4.98 Å². The van der Waals surface area contributed by atoms with Crippen LogP contribution in [0.4, 0.5) is 11.4 Å². The summed E-state index contributed by atoms with van der Waals surface area (Å²) in [6, 6.07) is 16.5. The third-order valence-electron chi connectivity index (χ3n) is 6.43. The molecule has 2 aromatic carbocycles.